The highest BCUT2D eigenvalue weighted by Gasteiger charge is 2.30. The van der Waals surface area contributed by atoms with Crippen molar-refractivity contribution in [3.05, 3.63) is 23.9 Å². The highest BCUT2D eigenvalue weighted by Crippen LogP contribution is 2.30. The van der Waals surface area contributed by atoms with Gasteiger partial charge in [-0.25, -0.2) is 4.98 Å². The van der Waals surface area contributed by atoms with Crippen LogP contribution in [0.5, 0.6) is 0 Å². The summed E-state index contributed by atoms with van der Waals surface area (Å²) in [5, 5.41) is 2.94. The van der Waals surface area contributed by atoms with Gasteiger partial charge in [0, 0.05) is 26.5 Å². The lowest BCUT2D eigenvalue weighted by atomic mass is 9.90. The van der Waals surface area contributed by atoms with E-state index in [0.29, 0.717) is 13.2 Å². The molecule has 0 bridgehead atoms. The zero-order valence-corrected chi connectivity index (χ0v) is 11.3. The van der Waals surface area contributed by atoms with E-state index in [1.165, 1.54) is 0 Å². The van der Waals surface area contributed by atoms with Crippen molar-refractivity contribution in [2.24, 2.45) is 5.41 Å². The summed E-state index contributed by atoms with van der Waals surface area (Å²) in [6, 6.07) is 1.98. The summed E-state index contributed by atoms with van der Waals surface area (Å²) >= 11 is 0. The van der Waals surface area contributed by atoms with E-state index in [4.69, 9.17) is 4.74 Å². The Morgan fingerprint density at radius 3 is 2.58 bits per heavy atom. The molecule has 1 aromatic rings. The predicted octanol–water partition coefficient (Wildman–Crippen LogP) is 3.58. The molecule has 0 atom stereocenters. The third kappa shape index (κ3) is 5.46. The molecule has 108 valence electrons. The fraction of sp³-hybridized carbons (Fsp3) is 0.615. The van der Waals surface area contributed by atoms with Crippen LogP contribution in [-0.4, -0.2) is 25.2 Å². The van der Waals surface area contributed by atoms with Gasteiger partial charge in [0.15, 0.2) is 0 Å². The highest BCUT2D eigenvalue weighted by molar-refractivity contribution is 5.38. The molecule has 0 saturated heterocycles. The lowest BCUT2D eigenvalue weighted by Gasteiger charge is -2.25. The fourth-order valence-electron chi connectivity index (χ4n) is 1.50. The van der Waals surface area contributed by atoms with E-state index in [1.54, 1.807) is 7.11 Å². The molecular weight excluding hydrogens is 257 g/mol. The van der Waals surface area contributed by atoms with Crippen molar-refractivity contribution >= 4 is 5.82 Å². The SMILES string of the molecule is COCCC(C)(C)CNc1cc(C(F)(F)F)ccn1. The van der Waals surface area contributed by atoms with Gasteiger partial charge < -0.3 is 10.1 Å². The zero-order valence-electron chi connectivity index (χ0n) is 11.3. The minimum Gasteiger partial charge on any atom is -0.385 e. The van der Waals surface area contributed by atoms with Crippen molar-refractivity contribution in [3.63, 3.8) is 0 Å². The van der Waals surface area contributed by atoms with Gasteiger partial charge in [0.1, 0.15) is 5.82 Å². The smallest absolute Gasteiger partial charge is 0.385 e. The van der Waals surface area contributed by atoms with Gasteiger partial charge in [-0.2, -0.15) is 13.2 Å². The van der Waals surface area contributed by atoms with Crippen LogP contribution in [-0.2, 0) is 10.9 Å². The van der Waals surface area contributed by atoms with Crippen LogP contribution in [0, 0.1) is 5.41 Å². The molecule has 0 aliphatic carbocycles. The normalized spacial score (nSPS) is 12.5. The number of nitrogens with one attached hydrogen (secondary N) is 1. The second kappa shape index (κ2) is 6.23. The molecule has 6 heteroatoms. The number of pyridine rings is 1. The summed E-state index contributed by atoms with van der Waals surface area (Å²) in [7, 11) is 1.62. The van der Waals surface area contributed by atoms with E-state index in [-0.39, 0.29) is 11.2 Å². The maximum absolute atomic E-state index is 12.5. The molecule has 1 heterocycles. The standard InChI is InChI=1S/C13H19F3N2O/c1-12(2,5-7-19-3)9-18-11-8-10(4-6-17-11)13(14,15)16/h4,6,8H,5,7,9H2,1-3H3,(H,17,18). The van der Waals surface area contributed by atoms with Crippen LogP contribution in [0.4, 0.5) is 19.0 Å². The molecule has 1 N–H and O–H groups in total. The first-order valence-electron chi connectivity index (χ1n) is 6.01. The van der Waals surface area contributed by atoms with Crippen molar-refractivity contribution in [3.8, 4) is 0 Å². The fourth-order valence-corrected chi connectivity index (χ4v) is 1.50. The van der Waals surface area contributed by atoms with Crippen LogP contribution >= 0.6 is 0 Å². The summed E-state index contributed by atoms with van der Waals surface area (Å²) in [4.78, 5) is 3.89. The third-order valence-corrected chi connectivity index (χ3v) is 2.82. The zero-order chi connectivity index (χ0) is 14.5. The molecule has 0 spiro atoms. The minimum atomic E-state index is -4.34. The van der Waals surface area contributed by atoms with Gasteiger partial charge in [0.2, 0.25) is 0 Å². The quantitative estimate of drug-likeness (QED) is 0.862. The van der Waals surface area contributed by atoms with Crippen LogP contribution < -0.4 is 5.32 Å². The Hall–Kier alpha value is -1.30. The maximum atomic E-state index is 12.5. The molecule has 3 nitrogen and oxygen atoms in total. The largest absolute Gasteiger partial charge is 0.416 e. The van der Waals surface area contributed by atoms with Crippen LogP contribution in [0.3, 0.4) is 0 Å². The van der Waals surface area contributed by atoms with Crippen LogP contribution in [0.25, 0.3) is 0 Å². The van der Waals surface area contributed by atoms with Crippen LogP contribution in [0.1, 0.15) is 25.8 Å². The third-order valence-electron chi connectivity index (χ3n) is 2.82. The predicted molar refractivity (Wildman–Crippen MR) is 68.0 cm³/mol. The lowest BCUT2D eigenvalue weighted by molar-refractivity contribution is -0.137. The van der Waals surface area contributed by atoms with Gasteiger partial charge in [-0.1, -0.05) is 13.8 Å². The molecular formula is C13H19F3N2O. The van der Waals surface area contributed by atoms with Gasteiger partial charge in [0.05, 0.1) is 5.56 Å². The number of halogens is 3. The summed E-state index contributed by atoms with van der Waals surface area (Å²) in [5.41, 5.74) is -0.772. The van der Waals surface area contributed by atoms with E-state index >= 15 is 0 Å². The van der Waals surface area contributed by atoms with E-state index in [9.17, 15) is 13.2 Å². The van der Waals surface area contributed by atoms with E-state index in [0.717, 1.165) is 24.8 Å². The second-order valence-corrected chi connectivity index (χ2v) is 5.19. The molecule has 1 rings (SSSR count). The van der Waals surface area contributed by atoms with Crippen molar-refractivity contribution in [2.45, 2.75) is 26.4 Å². The Morgan fingerprint density at radius 1 is 1.32 bits per heavy atom. The molecule has 0 unspecified atom stereocenters. The average Bonchev–Trinajstić information content (AvgIpc) is 2.34. The van der Waals surface area contributed by atoms with Crippen molar-refractivity contribution in [1.82, 2.24) is 4.98 Å². The summed E-state index contributed by atoms with van der Waals surface area (Å²) in [5.74, 6) is 0.236. The number of hydrogen-bond donors (Lipinski definition) is 1. The molecule has 19 heavy (non-hydrogen) atoms. The second-order valence-electron chi connectivity index (χ2n) is 5.19. The Bertz CT molecular complexity index is 405. The van der Waals surface area contributed by atoms with E-state index in [1.807, 2.05) is 13.8 Å². The number of rotatable bonds is 6. The van der Waals surface area contributed by atoms with Gasteiger partial charge >= 0.3 is 6.18 Å². The Balaban J connectivity index is 2.63. The first-order chi connectivity index (χ1) is 8.74. The number of ether oxygens (including phenoxy) is 1. The van der Waals surface area contributed by atoms with E-state index < -0.39 is 11.7 Å². The number of methoxy groups -OCH3 is 1. The number of hydrogen-bond acceptors (Lipinski definition) is 3. The molecule has 0 radical (unpaired) electrons. The average molecular weight is 276 g/mol. The van der Waals surface area contributed by atoms with Gasteiger partial charge in [-0.15, -0.1) is 0 Å². The Kier molecular flexibility index (Phi) is 5.17. The minimum absolute atomic E-state index is 0.0775. The molecule has 0 fully saturated rings. The molecule has 0 amide bonds. The van der Waals surface area contributed by atoms with Crippen molar-refractivity contribution in [2.75, 3.05) is 25.6 Å². The van der Waals surface area contributed by atoms with Gasteiger partial charge in [-0.3, -0.25) is 0 Å². The number of nitrogens with zero attached hydrogens (tertiary/aromatic N) is 1. The molecule has 1 aromatic heterocycles. The summed E-state index contributed by atoms with van der Waals surface area (Å²) in [6.45, 7) is 5.19. The Morgan fingerprint density at radius 2 is 2.00 bits per heavy atom. The topological polar surface area (TPSA) is 34.1 Å². The van der Waals surface area contributed by atoms with E-state index in [2.05, 4.69) is 10.3 Å². The summed E-state index contributed by atoms with van der Waals surface area (Å²) < 4.78 is 42.6. The van der Waals surface area contributed by atoms with Crippen LogP contribution in [0.15, 0.2) is 18.3 Å². The first-order valence-corrected chi connectivity index (χ1v) is 6.01. The van der Waals surface area contributed by atoms with Crippen LogP contribution in [0.2, 0.25) is 0 Å². The molecule has 0 saturated carbocycles. The highest BCUT2D eigenvalue weighted by atomic mass is 19.4. The van der Waals surface area contributed by atoms with Gasteiger partial charge in [-0.05, 0) is 24.0 Å². The first kappa shape index (κ1) is 15.8. The number of alkyl halides is 3. The summed E-state index contributed by atoms with van der Waals surface area (Å²) in [6.07, 6.45) is -2.37. The maximum Gasteiger partial charge on any atom is 0.416 e. The van der Waals surface area contributed by atoms with Crippen molar-refractivity contribution in [1.29, 1.82) is 0 Å². The molecule has 0 aromatic carbocycles. The van der Waals surface area contributed by atoms with Gasteiger partial charge in [0.25, 0.3) is 0 Å². The monoisotopic (exact) mass is 276 g/mol. The molecule has 0 aliphatic rings. The Labute approximate surface area is 111 Å². The van der Waals surface area contributed by atoms with Crippen molar-refractivity contribution < 1.29 is 17.9 Å². The number of aromatic nitrogens is 1. The molecule has 0 aliphatic heterocycles. The number of anilines is 1. The lowest BCUT2D eigenvalue weighted by Crippen LogP contribution is -2.25.